The lowest BCUT2D eigenvalue weighted by atomic mass is 10.0. The van der Waals surface area contributed by atoms with E-state index in [9.17, 15) is 18.0 Å². The van der Waals surface area contributed by atoms with Crippen LogP contribution in [0.5, 0.6) is 11.5 Å². The van der Waals surface area contributed by atoms with Gasteiger partial charge in [-0.15, -0.1) is 22.7 Å². The van der Waals surface area contributed by atoms with Crippen molar-refractivity contribution in [3.63, 3.8) is 0 Å². The molecule has 0 fully saturated rings. The molecular formula is C21H13F3N2O3S2. The van der Waals surface area contributed by atoms with Crippen LogP contribution in [0.1, 0.15) is 20.8 Å². The molecule has 5 nitrogen and oxygen atoms in total. The quantitative estimate of drug-likeness (QED) is 0.400. The zero-order valence-corrected chi connectivity index (χ0v) is 17.3. The Bertz CT molecular complexity index is 1310. The first-order chi connectivity index (χ1) is 14.8. The van der Waals surface area contributed by atoms with Gasteiger partial charge in [0, 0.05) is 10.9 Å². The van der Waals surface area contributed by atoms with Gasteiger partial charge in [-0.2, -0.15) is 13.2 Å². The van der Waals surface area contributed by atoms with E-state index < -0.39 is 17.5 Å². The number of ether oxygens (including phenoxy) is 2. The third-order valence-corrected chi connectivity index (χ3v) is 6.78. The molecule has 0 amide bonds. The Morgan fingerprint density at radius 1 is 1.10 bits per heavy atom. The predicted octanol–water partition coefficient (Wildman–Crippen LogP) is 5.63. The maximum atomic E-state index is 13.9. The number of carbonyl (C=O) groups is 1. The second-order valence-electron chi connectivity index (χ2n) is 6.74. The molecule has 0 saturated heterocycles. The van der Waals surface area contributed by atoms with Gasteiger partial charge in [-0.1, -0.05) is 6.07 Å². The summed E-state index contributed by atoms with van der Waals surface area (Å²) in [5.41, 5.74) is 5.38. The van der Waals surface area contributed by atoms with E-state index in [4.69, 9.17) is 15.2 Å². The van der Waals surface area contributed by atoms with Crippen molar-refractivity contribution in [1.82, 2.24) is 4.98 Å². The largest absolute Gasteiger partial charge is 0.486 e. The molecule has 1 aromatic carbocycles. The second kappa shape index (κ2) is 7.24. The number of halogens is 3. The van der Waals surface area contributed by atoms with Gasteiger partial charge in [-0.25, -0.2) is 4.98 Å². The molecule has 0 bridgehead atoms. The van der Waals surface area contributed by atoms with Crippen LogP contribution in [0, 0.1) is 0 Å². The lowest BCUT2D eigenvalue weighted by Gasteiger charge is -2.18. The number of fused-ring (bicyclic) bond motifs is 2. The maximum Gasteiger partial charge on any atom is 0.417 e. The van der Waals surface area contributed by atoms with E-state index >= 15 is 0 Å². The van der Waals surface area contributed by atoms with Crippen molar-refractivity contribution in [3.05, 3.63) is 57.8 Å². The minimum atomic E-state index is -4.65. The number of hydrogen-bond acceptors (Lipinski definition) is 7. The summed E-state index contributed by atoms with van der Waals surface area (Å²) in [5, 5.41) is 1.51. The molecule has 2 N–H and O–H groups in total. The van der Waals surface area contributed by atoms with Gasteiger partial charge in [-0.05, 0) is 35.7 Å². The fourth-order valence-corrected chi connectivity index (χ4v) is 5.15. The molecule has 31 heavy (non-hydrogen) atoms. The van der Waals surface area contributed by atoms with E-state index in [0.29, 0.717) is 29.6 Å². The molecule has 0 unspecified atom stereocenters. The van der Waals surface area contributed by atoms with Crippen molar-refractivity contribution in [3.8, 4) is 22.1 Å². The molecule has 0 saturated carbocycles. The highest BCUT2D eigenvalue weighted by molar-refractivity contribution is 7.21. The summed E-state index contributed by atoms with van der Waals surface area (Å²) >= 11 is 2.13. The third-order valence-electron chi connectivity index (χ3n) is 4.79. The minimum absolute atomic E-state index is 0.00741. The monoisotopic (exact) mass is 462 g/mol. The summed E-state index contributed by atoms with van der Waals surface area (Å²) in [6, 6.07) is 9.05. The fourth-order valence-electron chi connectivity index (χ4n) is 3.38. The van der Waals surface area contributed by atoms with Gasteiger partial charge >= 0.3 is 6.18 Å². The lowest BCUT2D eigenvalue weighted by Crippen LogP contribution is -2.16. The summed E-state index contributed by atoms with van der Waals surface area (Å²) < 4.78 is 52.5. The number of nitrogen functional groups attached to an aromatic ring is 1. The van der Waals surface area contributed by atoms with Crippen molar-refractivity contribution < 1.29 is 27.4 Å². The van der Waals surface area contributed by atoms with Crippen LogP contribution < -0.4 is 15.2 Å². The number of nitrogens with zero attached hydrogens (tertiary/aromatic N) is 1. The highest BCUT2D eigenvalue weighted by Gasteiger charge is 2.36. The number of aromatic nitrogens is 1. The van der Waals surface area contributed by atoms with Crippen LogP contribution in [0.3, 0.4) is 0 Å². The van der Waals surface area contributed by atoms with Crippen LogP contribution in [-0.2, 0) is 6.18 Å². The van der Waals surface area contributed by atoms with Gasteiger partial charge in [0.15, 0.2) is 11.5 Å². The summed E-state index contributed by atoms with van der Waals surface area (Å²) in [6.45, 7) is 0.752. The van der Waals surface area contributed by atoms with Crippen LogP contribution in [0.4, 0.5) is 18.9 Å². The van der Waals surface area contributed by atoms with Gasteiger partial charge in [0.2, 0.25) is 5.78 Å². The zero-order chi connectivity index (χ0) is 21.8. The van der Waals surface area contributed by atoms with E-state index in [1.807, 2.05) is 0 Å². The van der Waals surface area contributed by atoms with Crippen LogP contribution in [0.15, 0.2) is 41.8 Å². The molecule has 4 heterocycles. The first kappa shape index (κ1) is 19.8. The first-order valence-electron chi connectivity index (χ1n) is 9.11. The fraction of sp³-hybridized carbons (Fsp3) is 0.143. The Morgan fingerprint density at radius 2 is 1.87 bits per heavy atom. The molecule has 3 aromatic heterocycles. The predicted molar refractivity (Wildman–Crippen MR) is 113 cm³/mol. The number of anilines is 1. The van der Waals surface area contributed by atoms with Crippen LogP contribution in [0.2, 0.25) is 0 Å². The lowest BCUT2D eigenvalue weighted by molar-refractivity contribution is -0.136. The number of thiophene rings is 2. The van der Waals surface area contributed by atoms with Gasteiger partial charge in [0.25, 0.3) is 0 Å². The normalized spacial score (nSPS) is 13.5. The molecule has 0 atom stereocenters. The molecule has 1 aliphatic rings. The molecule has 4 aromatic rings. The number of carbonyl (C=O) groups excluding carboxylic acids is 1. The van der Waals surface area contributed by atoms with E-state index in [1.54, 1.807) is 23.6 Å². The Labute approximate surface area is 181 Å². The van der Waals surface area contributed by atoms with Crippen molar-refractivity contribution in [2.45, 2.75) is 6.18 Å². The van der Waals surface area contributed by atoms with Gasteiger partial charge in [-0.3, -0.25) is 4.79 Å². The second-order valence-corrected chi connectivity index (χ2v) is 8.69. The highest BCUT2D eigenvalue weighted by Crippen LogP contribution is 2.44. The van der Waals surface area contributed by atoms with Crippen molar-refractivity contribution >= 4 is 44.4 Å². The molecule has 10 heteroatoms. The SMILES string of the molecule is Nc1c(C(=O)c2ccc3c(c2)OCCO3)sc2nc(-c3cccs3)cc(C(F)(F)F)c12. The van der Waals surface area contributed by atoms with Gasteiger partial charge in [0.1, 0.15) is 22.9 Å². The number of ketones is 1. The van der Waals surface area contributed by atoms with Gasteiger partial charge in [0.05, 0.1) is 21.8 Å². The number of alkyl halides is 3. The number of rotatable bonds is 3. The van der Waals surface area contributed by atoms with Crippen LogP contribution in [-0.4, -0.2) is 24.0 Å². The first-order valence-corrected chi connectivity index (χ1v) is 10.8. The molecule has 5 rings (SSSR count). The number of hydrogen-bond donors (Lipinski definition) is 1. The Hall–Kier alpha value is -3.11. The van der Waals surface area contributed by atoms with Crippen molar-refractivity contribution in [1.29, 1.82) is 0 Å². The molecule has 0 spiro atoms. The number of nitrogens with two attached hydrogens (primary N) is 1. The Balaban J connectivity index is 1.66. The number of pyridine rings is 1. The Kier molecular flexibility index (Phi) is 4.63. The maximum absolute atomic E-state index is 13.9. The Morgan fingerprint density at radius 3 is 2.58 bits per heavy atom. The highest BCUT2D eigenvalue weighted by atomic mass is 32.1. The zero-order valence-electron chi connectivity index (χ0n) is 15.7. The summed E-state index contributed by atoms with van der Waals surface area (Å²) in [4.78, 5) is 18.2. The molecule has 158 valence electrons. The topological polar surface area (TPSA) is 74.4 Å². The van der Waals surface area contributed by atoms with E-state index in [-0.39, 0.29) is 32.0 Å². The standard InChI is InChI=1S/C21H13F3N2O3S2/c22-21(23,24)11-9-12(15-2-1-7-30-15)26-20-16(11)17(25)19(31-20)18(27)10-3-4-13-14(8-10)29-6-5-28-13/h1-4,7-9H,5-6,25H2. The van der Waals surface area contributed by atoms with Crippen molar-refractivity contribution in [2.24, 2.45) is 0 Å². The third kappa shape index (κ3) is 3.41. The van der Waals surface area contributed by atoms with E-state index in [2.05, 4.69) is 4.98 Å². The average molecular weight is 462 g/mol. The molecule has 1 aliphatic heterocycles. The summed E-state index contributed by atoms with van der Waals surface area (Å²) in [7, 11) is 0. The average Bonchev–Trinajstić information content (AvgIpc) is 3.40. The summed E-state index contributed by atoms with van der Waals surface area (Å²) in [5.74, 6) is 0.419. The van der Waals surface area contributed by atoms with Crippen LogP contribution in [0.25, 0.3) is 20.8 Å². The van der Waals surface area contributed by atoms with Gasteiger partial charge < -0.3 is 15.2 Å². The minimum Gasteiger partial charge on any atom is -0.486 e. The van der Waals surface area contributed by atoms with E-state index in [1.165, 1.54) is 23.5 Å². The van der Waals surface area contributed by atoms with E-state index in [0.717, 1.165) is 17.4 Å². The molecular weight excluding hydrogens is 449 g/mol. The molecule has 0 aliphatic carbocycles. The smallest absolute Gasteiger partial charge is 0.417 e. The van der Waals surface area contributed by atoms with Crippen molar-refractivity contribution in [2.75, 3.05) is 18.9 Å². The molecule has 0 radical (unpaired) electrons. The van der Waals surface area contributed by atoms with Crippen LogP contribution >= 0.6 is 22.7 Å². The number of benzene rings is 1. The summed E-state index contributed by atoms with van der Waals surface area (Å²) in [6.07, 6.45) is -4.65.